The van der Waals surface area contributed by atoms with Crippen molar-refractivity contribution in [1.29, 1.82) is 0 Å². The topological polar surface area (TPSA) is 90.1 Å². The Labute approximate surface area is 126 Å². The van der Waals surface area contributed by atoms with Crippen molar-refractivity contribution in [3.05, 3.63) is 62.7 Å². The monoisotopic (exact) mass is 305 g/mol. The van der Waals surface area contributed by atoms with E-state index in [4.69, 9.17) is 22.7 Å². The number of nitrogens with two attached hydrogens (primary N) is 1. The molecule has 0 unspecified atom stereocenters. The minimum Gasteiger partial charge on any atom is -0.492 e. The number of nitrogens with zero attached hydrogens (tertiary/aromatic N) is 1. The molecule has 2 aromatic rings. The zero-order valence-electron chi connectivity index (χ0n) is 11.2. The molecule has 0 bridgehead atoms. The first-order valence-corrected chi connectivity index (χ1v) is 6.75. The Morgan fingerprint density at radius 3 is 2.57 bits per heavy atom. The summed E-state index contributed by atoms with van der Waals surface area (Å²) in [7, 11) is 0. The first-order valence-electron chi connectivity index (χ1n) is 6.35. The summed E-state index contributed by atoms with van der Waals surface area (Å²) in [4.78, 5) is 23.0. The Kier molecular flexibility index (Phi) is 4.89. The molecule has 0 amide bonds. The van der Waals surface area contributed by atoms with Crippen LogP contribution >= 0.6 is 12.2 Å². The lowest BCUT2D eigenvalue weighted by Gasteiger charge is -2.08. The maximum atomic E-state index is 11.5. The zero-order chi connectivity index (χ0) is 15.2. The van der Waals surface area contributed by atoms with Crippen molar-refractivity contribution in [3.63, 3.8) is 0 Å². The fourth-order valence-corrected chi connectivity index (χ4v) is 1.95. The van der Waals surface area contributed by atoms with Crippen LogP contribution in [0, 0.1) is 0 Å². The molecule has 1 aromatic carbocycles. The average molecular weight is 305 g/mol. The van der Waals surface area contributed by atoms with Crippen molar-refractivity contribution in [2.75, 3.05) is 6.61 Å². The summed E-state index contributed by atoms with van der Waals surface area (Å²) in [5.41, 5.74) is 5.89. The Bertz CT molecular complexity index is 734. The quantitative estimate of drug-likeness (QED) is 0.756. The fourth-order valence-electron chi connectivity index (χ4n) is 1.79. The Morgan fingerprint density at radius 2 is 1.90 bits per heavy atom. The predicted octanol–water partition coefficient (Wildman–Crippen LogP) is 0.444. The molecule has 0 aliphatic heterocycles. The molecule has 1 aromatic heterocycles. The number of nitrogens with one attached hydrogen (secondary N) is 1. The third kappa shape index (κ3) is 4.57. The summed E-state index contributed by atoms with van der Waals surface area (Å²) in [6.45, 7) is 0.540. The number of benzene rings is 1. The van der Waals surface area contributed by atoms with Crippen LogP contribution in [0.25, 0.3) is 0 Å². The number of hydrogen-bond acceptors (Lipinski definition) is 4. The standard InChI is InChI=1S/C14H15N3O3S/c15-12(21)9-10-1-3-11(4-2-10)20-8-7-17-14(19)6-5-13(18)16-17/h1-6H,7-9H2,(H2,15,21)(H,16,18). The van der Waals surface area contributed by atoms with Gasteiger partial charge in [-0.25, -0.2) is 4.68 Å². The number of rotatable bonds is 6. The van der Waals surface area contributed by atoms with Crippen LogP contribution in [0.4, 0.5) is 0 Å². The maximum absolute atomic E-state index is 11.5. The minimum atomic E-state index is -0.322. The lowest BCUT2D eigenvalue weighted by molar-refractivity contribution is 0.287. The Hall–Kier alpha value is -2.41. The number of aromatic nitrogens is 2. The van der Waals surface area contributed by atoms with Gasteiger partial charge in [-0.3, -0.25) is 14.7 Å². The van der Waals surface area contributed by atoms with E-state index in [2.05, 4.69) is 5.10 Å². The number of hydrogen-bond donors (Lipinski definition) is 2. The lowest BCUT2D eigenvalue weighted by atomic mass is 10.1. The highest BCUT2D eigenvalue weighted by molar-refractivity contribution is 7.80. The molecule has 0 aliphatic carbocycles. The van der Waals surface area contributed by atoms with Crippen molar-refractivity contribution in [2.45, 2.75) is 13.0 Å². The molecular formula is C14H15N3O3S. The maximum Gasteiger partial charge on any atom is 0.265 e. The van der Waals surface area contributed by atoms with Crippen LogP contribution in [-0.2, 0) is 13.0 Å². The summed E-state index contributed by atoms with van der Waals surface area (Å²) in [5, 5.41) is 2.43. The van der Waals surface area contributed by atoms with Gasteiger partial charge in [0.05, 0.1) is 11.5 Å². The summed E-state index contributed by atoms with van der Waals surface area (Å²) in [6, 6.07) is 9.80. The van der Waals surface area contributed by atoms with E-state index >= 15 is 0 Å². The van der Waals surface area contributed by atoms with Crippen molar-refractivity contribution in [1.82, 2.24) is 9.78 Å². The molecule has 3 N–H and O–H groups in total. The second-order valence-electron chi connectivity index (χ2n) is 4.43. The zero-order valence-corrected chi connectivity index (χ0v) is 12.1. The Balaban J connectivity index is 1.91. The van der Waals surface area contributed by atoms with E-state index in [9.17, 15) is 9.59 Å². The van der Waals surface area contributed by atoms with Crippen LogP contribution in [0.2, 0.25) is 0 Å². The van der Waals surface area contributed by atoms with E-state index in [-0.39, 0.29) is 24.3 Å². The van der Waals surface area contributed by atoms with Gasteiger partial charge in [-0.1, -0.05) is 24.4 Å². The van der Waals surface area contributed by atoms with Crippen LogP contribution in [0.1, 0.15) is 5.56 Å². The molecular weight excluding hydrogens is 290 g/mol. The second kappa shape index (κ2) is 6.85. The van der Waals surface area contributed by atoms with Crippen LogP contribution in [-0.4, -0.2) is 21.4 Å². The van der Waals surface area contributed by atoms with Crippen molar-refractivity contribution in [3.8, 4) is 5.75 Å². The van der Waals surface area contributed by atoms with Gasteiger partial charge < -0.3 is 10.5 Å². The highest BCUT2D eigenvalue weighted by atomic mass is 32.1. The molecule has 2 rings (SSSR count). The average Bonchev–Trinajstić information content (AvgIpc) is 2.44. The summed E-state index contributed by atoms with van der Waals surface area (Å²) >= 11 is 4.84. The molecule has 0 aliphatic rings. The molecule has 0 saturated heterocycles. The first kappa shape index (κ1) is 15.0. The lowest BCUT2D eigenvalue weighted by Crippen LogP contribution is -2.29. The van der Waals surface area contributed by atoms with Crippen molar-refractivity contribution < 1.29 is 4.74 Å². The van der Waals surface area contributed by atoms with Gasteiger partial charge in [0.2, 0.25) is 0 Å². The van der Waals surface area contributed by atoms with E-state index in [0.29, 0.717) is 17.2 Å². The highest BCUT2D eigenvalue weighted by Gasteiger charge is 1.99. The summed E-state index contributed by atoms with van der Waals surface area (Å²) in [5.74, 6) is 0.674. The van der Waals surface area contributed by atoms with Gasteiger partial charge in [0, 0.05) is 18.6 Å². The smallest absolute Gasteiger partial charge is 0.265 e. The van der Waals surface area contributed by atoms with Crippen molar-refractivity contribution >= 4 is 17.2 Å². The van der Waals surface area contributed by atoms with Crippen molar-refractivity contribution in [2.24, 2.45) is 5.73 Å². The van der Waals surface area contributed by atoms with E-state index in [1.807, 2.05) is 24.3 Å². The van der Waals surface area contributed by atoms with Crippen LogP contribution in [0.15, 0.2) is 46.0 Å². The molecule has 0 saturated carbocycles. The molecule has 0 atom stereocenters. The number of H-pyrrole nitrogens is 1. The normalized spacial score (nSPS) is 10.3. The largest absolute Gasteiger partial charge is 0.492 e. The fraction of sp³-hybridized carbons (Fsp3) is 0.214. The van der Waals surface area contributed by atoms with Crippen LogP contribution in [0.3, 0.4) is 0 Å². The van der Waals surface area contributed by atoms with Gasteiger partial charge in [-0.05, 0) is 17.7 Å². The minimum absolute atomic E-state index is 0.267. The molecule has 21 heavy (non-hydrogen) atoms. The van der Waals surface area contributed by atoms with E-state index < -0.39 is 0 Å². The number of thiocarbonyl (C=S) groups is 1. The second-order valence-corrected chi connectivity index (χ2v) is 4.96. The van der Waals surface area contributed by atoms with E-state index in [0.717, 1.165) is 5.56 Å². The van der Waals surface area contributed by atoms with E-state index in [1.165, 1.54) is 16.8 Å². The third-order valence-electron chi connectivity index (χ3n) is 2.77. The summed E-state index contributed by atoms with van der Waals surface area (Å²) < 4.78 is 6.73. The first-order chi connectivity index (χ1) is 10.0. The third-order valence-corrected chi connectivity index (χ3v) is 2.92. The molecule has 6 nitrogen and oxygen atoms in total. The molecule has 0 radical (unpaired) electrons. The van der Waals surface area contributed by atoms with Gasteiger partial charge in [0.25, 0.3) is 11.1 Å². The number of ether oxygens (including phenoxy) is 1. The van der Waals surface area contributed by atoms with E-state index in [1.54, 1.807) is 0 Å². The summed E-state index contributed by atoms with van der Waals surface area (Å²) in [6.07, 6.45) is 0.552. The van der Waals surface area contributed by atoms with Crippen LogP contribution < -0.4 is 21.6 Å². The molecule has 7 heteroatoms. The van der Waals surface area contributed by atoms with Gasteiger partial charge in [0.1, 0.15) is 12.4 Å². The van der Waals surface area contributed by atoms with Gasteiger partial charge >= 0.3 is 0 Å². The molecule has 0 fully saturated rings. The molecule has 0 spiro atoms. The van der Waals surface area contributed by atoms with Gasteiger partial charge in [0.15, 0.2) is 0 Å². The number of aromatic amines is 1. The Morgan fingerprint density at radius 1 is 1.19 bits per heavy atom. The predicted molar refractivity (Wildman–Crippen MR) is 83.7 cm³/mol. The van der Waals surface area contributed by atoms with Gasteiger partial charge in [-0.15, -0.1) is 0 Å². The van der Waals surface area contributed by atoms with Crippen LogP contribution in [0.5, 0.6) is 5.75 Å². The molecule has 110 valence electrons. The SMILES string of the molecule is NC(=S)Cc1ccc(OCCn2[nH]c(=O)ccc2=O)cc1. The molecule has 1 heterocycles. The highest BCUT2D eigenvalue weighted by Crippen LogP contribution is 2.12. The van der Waals surface area contributed by atoms with Gasteiger partial charge in [-0.2, -0.15) is 0 Å².